The van der Waals surface area contributed by atoms with Crippen molar-refractivity contribution in [3.63, 3.8) is 0 Å². The highest BCUT2D eigenvalue weighted by Gasteiger charge is 2.27. The van der Waals surface area contributed by atoms with Crippen molar-refractivity contribution in [1.82, 2.24) is 9.80 Å². The van der Waals surface area contributed by atoms with Gasteiger partial charge < -0.3 is 10.3 Å². The number of hydrogen-bond acceptors (Lipinski definition) is 7. The molecule has 0 atom stereocenters. The van der Waals surface area contributed by atoms with Crippen molar-refractivity contribution in [1.29, 1.82) is 5.41 Å². The van der Waals surface area contributed by atoms with Gasteiger partial charge in [-0.25, -0.2) is 8.42 Å². The van der Waals surface area contributed by atoms with Crippen LogP contribution in [0.4, 0.5) is 5.69 Å². The monoisotopic (exact) mass is 582 g/mol. The molecule has 1 N–H and O–H groups in total. The van der Waals surface area contributed by atoms with Gasteiger partial charge in [0.05, 0.1) is 21.3 Å². The van der Waals surface area contributed by atoms with E-state index >= 15 is 0 Å². The van der Waals surface area contributed by atoms with Gasteiger partial charge in [0.1, 0.15) is 0 Å². The van der Waals surface area contributed by atoms with Gasteiger partial charge in [-0.3, -0.25) is 9.89 Å². The largest absolute Gasteiger partial charge is 0.308 e. The molecule has 0 spiro atoms. The number of sulfone groups is 1. The molecule has 0 unspecified atom stereocenters. The van der Waals surface area contributed by atoms with E-state index in [-0.39, 0.29) is 0 Å². The van der Waals surface area contributed by atoms with Crippen LogP contribution in [0.3, 0.4) is 0 Å². The molecule has 39 heavy (non-hydrogen) atoms. The van der Waals surface area contributed by atoms with Gasteiger partial charge in [0.15, 0.2) is 9.84 Å². The number of rotatable bonds is 9. The number of thiophene rings is 1. The highest BCUT2D eigenvalue weighted by Crippen LogP contribution is 2.32. The third kappa shape index (κ3) is 7.24. The lowest BCUT2D eigenvalue weighted by Gasteiger charge is -2.36. The number of halogens is 1. The Kier molecular flexibility index (Phi) is 8.99. The van der Waals surface area contributed by atoms with E-state index in [4.69, 9.17) is 22.0 Å². The molecule has 0 saturated carbocycles. The standard InChI is InChI=1S/C30H35ClN4O2S2/c1-39(36,37)25-8-6-7-22(19-25)29-11-12-30(38-29)28(33-27-10-3-2-9-26(27)31)20-23(32)21-34-17-13-24(14-18-34)35-15-4-5-16-35/h2-3,6-12,19,24,32H,4-5,13-18,20-21H2,1H3. The van der Waals surface area contributed by atoms with Crippen LogP contribution in [-0.4, -0.2) is 74.7 Å². The second-order valence-electron chi connectivity index (χ2n) is 10.5. The van der Waals surface area contributed by atoms with Crippen LogP contribution >= 0.6 is 22.9 Å². The van der Waals surface area contributed by atoms with E-state index < -0.39 is 9.84 Å². The Labute approximate surface area is 240 Å². The van der Waals surface area contributed by atoms with Gasteiger partial charge in [-0.2, -0.15) is 0 Å². The Bertz CT molecular complexity index is 1450. The van der Waals surface area contributed by atoms with Crippen molar-refractivity contribution in [3.8, 4) is 10.4 Å². The summed E-state index contributed by atoms with van der Waals surface area (Å²) in [5.74, 6) is 0. The van der Waals surface area contributed by atoms with Crippen LogP contribution in [0.25, 0.3) is 10.4 Å². The van der Waals surface area contributed by atoms with Gasteiger partial charge in [-0.15, -0.1) is 11.3 Å². The maximum absolute atomic E-state index is 12.1. The smallest absolute Gasteiger partial charge is 0.175 e. The molecule has 1 aromatic heterocycles. The first-order valence-electron chi connectivity index (χ1n) is 13.5. The number of para-hydroxylation sites is 1. The summed E-state index contributed by atoms with van der Waals surface area (Å²) in [7, 11) is -3.30. The van der Waals surface area contributed by atoms with Gasteiger partial charge in [0.25, 0.3) is 0 Å². The maximum atomic E-state index is 12.1. The van der Waals surface area contributed by atoms with Gasteiger partial charge in [-0.05, 0) is 80.7 Å². The Morgan fingerprint density at radius 1 is 1.03 bits per heavy atom. The molecule has 2 aliphatic heterocycles. The first-order chi connectivity index (χ1) is 18.8. The second-order valence-corrected chi connectivity index (χ2v) is 14.0. The highest BCUT2D eigenvalue weighted by molar-refractivity contribution is 7.90. The van der Waals surface area contributed by atoms with Crippen LogP contribution in [0.2, 0.25) is 5.02 Å². The lowest BCUT2D eigenvalue weighted by Crippen LogP contribution is -2.45. The van der Waals surface area contributed by atoms with Gasteiger partial charge in [-0.1, -0.05) is 35.9 Å². The van der Waals surface area contributed by atoms with Crippen molar-refractivity contribution in [2.75, 3.05) is 39.0 Å². The van der Waals surface area contributed by atoms with Crippen LogP contribution < -0.4 is 0 Å². The highest BCUT2D eigenvalue weighted by atomic mass is 35.5. The van der Waals surface area contributed by atoms with E-state index in [9.17, 15) is 8.42 Å². The molecule has 3 aromatic rings. The van der Waals surface area contributed by atoms with Gasteiger partial charge in [0.2, 0.25) is 0 Å². The summed E-state index contributed by atoms with van der Waals surface area (Å²) >= 11 is 8.01. The molecule has 9 heteroatoms. The topological polar surface area (TPSA) is 76.8 Å². The molecule has 0 bridgehead atoms. The molecule has 6 nitrogen and oxygen atoms in total. The molecule has 2 saturated heterocycles. The van der Waals surface area contributed by atoms with Crippen molar-refractivity contribution in [2.45, 2.75) is 43.0 Å². The fourth-order valence-electron chi connectivity index (χ4n) is 5.47. The fourth-order valence-corrected chi connectivity index (χ4v) is 7.31. The summed E-state index contributed by atoms with van der Waals surface area (Å²) in [4.78, 5) is 12.2. The number of aliphatic imine (C=N–C) groups is 1. The zero-order valence-electron chi connectivity index (χ0n) is 22.3. The average Bonchev–Trinajstić information content (AvgIpc) is 3.63. The summed E-state index contributed by atoms with van der Waals surface area (Å²) in [5, 5.41) is 9.45. The number of nitrogens with one attached hydrogen (secondary N) is 1. The van der Waals surface area contributed by atoms with E-state index in [1.54, 1.807) is 29.5 Å². The van der Waals surface area contributed by atoms with E-state index in [0.29, 0.717) is 40.3 Å². The Morgan fingerprint density at radius 2 is 1.77 bits per heavy atom. The van der Waals surface area contributed by atoms with Crippen molar-refractivity contribution in [3.05, 3.63) is 70.6 Å². The quantitative estimate of drug-likeness (QED) is 0.290. The summed E-state index contributed by atoms with van der Waals surface area (Å²) in [6.45, 7) is 5.18. The van der Waals surface area contributed by atoms with Crippen molar-refractivity contribution in [2.24, 2.45) is 4.99 Å². The maximum Gasteiger partial charge on any atom is 0.175 e. The first kappa shape index (κ1) is 28.2. The molecular weight excluding hydrogens is 548 g/mol. The zero-order valence-corrected chi connectivity index (χ0v) is 24.7. The van der Waals surface area contributed by atoms with Crippen molar-refractivity contribution >= 4 is 49.9 Å². The van der Waals surface area contributed by atoms with E-state index in [2.05, 4.69) is 9.80 Å². The van der Waals surface area contributed by atoms with Crippen LogP contribution in [0.15, 0.2) is 70.6 Å². The molecule has 0 amide bonds. The average molecular weight is 583 g/mol. The third-order valence-electron chi connectivity index (χ3n) is 7.55. The number of hydrogen-bond donors (Lipinski definition) is 1. The molecule has 2 aliphatic rings. The lowest BCUT2D eigenvalue weighted by molar-refractivity contribution is 0.137. The van der Waals surface area contributed by atoms with Crippen LogP contribution in [0.5, 0.6) is 0 Å². The number of benzene rings is 2. The van der Waals surface area contributed by atoms with E-state index in [0.717, 1.165) is 34.1 Å². The molecule has 5 rings (SSSR count). The number of piperidine rings is 1. The SMILES string of the molecule is CS(=O)(=O)c1cccc(-c2ccc(C(CC(=N)CN3CCC(N4CCCC4)CC3)=Nc3ccccc3Cl)s2)c1. The normalized spacial score (nSPS) is 18.1. The Balaban J connectivity index is 1.33. The molecule has 0 radical (unpaired) electrons. The van der Waals surface area contributed by atoms with Crippen molar-refractivity contribution < 1.29 is 8.42 Å². The minimum absolute atomic E-state index is 0.301. The second kappa shape index (κ2) is 12.4. The Morgan fingerprint density at radius 3 is 2.49 bits per heavy atom. The molecular formula is C30H35ClN4O2S2. The van der Waals surface area contributed by atoms with Gasteiger partial charge >= 0.3 is 0 Å². The lowest BCUT2D eigenvalue weighted by atomic mass is 10.0. The Hall–Kier alpha value is -2.36. The van der Waals surface area contributed by atoms with E-state index in [1.807, 2.05) is 42.5 Å². The summed E-state index contributed by atoms with van der Waals surface area (Å²) in [5.41, 5.74) is 2.97. The molecule has 2 fully saturated rings. The van der Waals surface area contributed by atoms with Gasteiger partial charge in [0, 0.05) is 53.8 Å². The minimum atomic E-state index is -3.30. The number of nitrogens with zero attached hydrogens (tertiary/aromatic N) is 3. The minimum Gasteiger partial charge on any atom is -0.308 e. The predicted octanol–water partition coefficient (Wildman–Crippen LogP) is 6.56. The predicted molar refractivity (Wildman–Crippen MR) is 163 cm³/mol. The van der Waals surface area contributed by atoms with Crippen LogP contribution in [0, 0.1) is 5.41 Å². The summed E-state index contributed by atoms with van der Waals surface area (Å²) < 4.78 is 24.2. The third-order valence-corrected chi connectivity index (χ3v) is 10.2. The fraction of sp³-hybridized carbons (Fsp3) is 0.400. The summed E-state index contributed by atoms with van der Waals surface area (Å²) in [6.07, 6.45) is 6.66. The molecule has 206 valence electrons. The first-order valence-corrected chi connectivity index (χ1v) is 16.6. The molecule has 2 aromatic carbocycles. The molecule has 0 aliphatic carbocycles. The van der Waals surface area contributed by atoms with Crippen LogP contribution in [0.1, 0.15) is 37.0 Å². The van der Waals surface area contributed by atoms with E-state index in [1.165, 1.54) is 45.0 Å². The zero-order chi connectivity index (χ0) is 27.4. The van der Waals surface area contributed by atoms with Crippen LogP contribution in [-0.2, 0) is 9.84 Å². The number of likely N-dealkylation sites (tertiary alicyclic amines) is 2. The summed E-state index contributed by atoms with van der Waals surface area (Å²) in [6, 6.07) is 19.2. The molecule has 3 heterocycles.